The van der Waals surface area contributed by atoms with Crippen molar-refractivity contribution in [3.8, 4) is 11.6 Å². The molecule has 23 heavy (non-hydrogen) atoms. The van der Waals surface area contributed by atoms with Crippen LogP contribution < -0.4 is 0 Å². The Kier molecular flexibility index (Phi) is 6.19. The van der Waals surface area contributed by atoms with Gasteiger partial charge in [0.05, 0.1) is 4.92 Å². The number of nitrogens with zero attached hydrogens (tertiary/aromatic N) is 4. The van der Waals surface area contributed by atoms with Gasteiger partial charge in [-0.1, -0.05) is 39.0 Å². The lowest BCUT2D eigenvalue weighted by atomic mass is 10.1. The van der Waals surface area contributed by atoms with E-state index in [0.29, 0.717) is 23.0 Å². The molecule has 0 atom stereocenters. The Bertz CT molecular complexity index is 655. The summed E-state index contributed by atoms with van der Waals surface area (Å²) in [6.07, 6.45) is 9.19. The summed E-state index contributed by atoms with van der Waals surface area (Å²) >= 11 is 0. The Morgan fingerprint density at radius 1 is 1.17 bits per heavy atom. The average molecular weight is 318 g/mol. The maximum Gasteiger partial charge on any atom is 0.287 e. The van der Waals surface area contributed by atoms with E-state index in [0.717, 1.165) is 19.3 Å². The number of unbranched alkanes of at least 4 members (excludes halogenated alkanes) is 5. The quantitative estimate of drug-likeness (QED) is 0.389. The van der Waals surface area contributed by atoms with E-state index in [1.54, 1.807) is 6.92 Å². The van der Waals surface area contributed by atoms with E-state index in [2.05, 4.69) is 22.1 Å². The van der Waals surface area contributed by atoms with Crippen LogP contribution in [-0.4, -0.2) is 20.1 Å². The Morgan fingerprint density at radius 2 is 1.91 bits per heavy atom. The van der Waals surface area contributed by atoms with Crippen LogP contribution in [0, 0.1) is 17.0 Å². The SMILES string of the molecule is CCCCCCCCc1nnc(-c2ncc([N+](=O)[O-])cc2C)o1. The number of hydrogen-bond acceptors (Lipinski definition) is 6. The van der Waals surface area contributed by atoms with Crippen molar-refractivity contribution in [2.45, 2.75) is 58.8 Å². The Labute approximate surface area is 135 Å². The fraction of sp³-hybridized carbons (Fsp3) is 0.562. The second-order valence-electron chi connectivity index (χ2n) is 5.63. The number of aryl methyl sites for hydroxylation is 2. The molecule has 0 N–H and O–H groups in total. The Hall–Kier alpha value is -2.31. The van der Waals surface area contributed by atoms with Gasteiger partial charge in [-0.15, -0.1) is 10.2 Å². The minimum atomic E-state index is -0.471. The highest BCUT2D eigenvalue weighted by atomic mass is 16.6. The smallest absolute Gasteiger partial charge is 0.287 e. The average Bonchev–Trinajstić information content (AvgIpc) is 2.99. The van der Waals surface area contributed by atoms with E-state index in [-0.39, 0.29) is 5.69 Å². The number of pyridine rings is 1. The number of hydrogen-bond donors (Lipinski definition) is 0. The monoisotopic (exact) mass is 318 g/mol. The molecule has 7 heteroatoms. The summed E-state index contributed by atoms with van der Waals surface area (Å²) in [6.45, 7) is 3.95. The standard InChI is InChI=1S/C16H22N4O3/c1-3-4-5-6-7-8-9-14-18-19-16(23-14)15-12(2)10-13(11-17-15)20(21)22/h10-11H,3-9H2,1-2H3. The first-order chi connectivity index (χ1) is 11.1. The van der Waals surface area contributed by atoms with Gasteiger partial charge in [0.15, 0.2) is 0 Å². The highest BCUT2D eigenvalue weighted by molar-refractivity contribution is 5.54. The molecule has 0 spiro atoms. The van der Waals surface area contributed by atoms with Crippen molar-refractivity contribution >= 4 is 5.69 Å². The Balaban J connectivity index is 1.93. The van der Waals surface area contributed by atoms with Crippen molar-refractivity contribution in [3.63, 3.8) is 0 Å². The van der Waals surface area contributed by atoms with Gasteiger partial charge in [0.1, 0.15) is 11.9 Å². The molecule has 0 unspecified atom stereocenters. The molecule has 2 heterocycles. The molecule has 0 aromatic carbocycles. The molecule has 0 aliphatic heterocycles. The van der Waals surface area contributed by atoms with Crippen molar-refractivity contribution in [3.05, 3.63) is 33.8 Å². The predicted molar refractivity (Wildman–Crippen MR) is 86.0 cm³/mol. The molecular formula is C16H22N4O3. The topological polar surface area (TPSA) is 95.0 Å². The molecule has 0 amide bonds. The molecule has 0 bridgehead atoms. The lowest BCUT2D eigenvalue weighted by molar-refractivity contribution is -0.385. The molecule has 0 saturated heterocycles. The minimum Gasteiger partial charge on any atom is -0.419 e. The zero-order chi connectivity index (χ0) is 16.7. The fourth-order valence-corrected chi connectivity index (χ4v) is 2.39. The van der Waals surface area contributed by atoms with Crippen LogP contribution in [0.3, 0.4) is 0 Å². The predicted octanol–water partition coefficient (Wildman–Crippen LogP) is 4.25. The van der Waals surface area contributed by atoms with Gasteiger partial charge in [-0.05, 0) is 18.9 Å². The molecule has 0 radical (unpaired) electrons. The van der Waals surface area contributed by atoms with Crippen LogP contribution in [0.1, 0.15) is 56.9 Å². The van der Waals surface area contributed by atoms with E-state index >= 15 is 0 Å². The normalized spacial score (nSPS) is 10.9. The summed E-state index contributed by atoms with van der Waals surface area (Å²) in [6, 6.07) is 1.46. The molecule has 0 aliphatic carbocycles. The molecule has 2 rings (SSSR count). The molecular weight excluding hydrogens is 296 g/mol. The first kappa shape index (κ1) is 17.1. The summed E-state index contributed by atoms with van der Waals surface area (Å²) in [4.78, 5) is 14.3. The summed E-state index contributed by atoms with van der Waals surface area (Å²) in [5.41, 5.74) is 1.10. The third-order valence-corrected chi connectivity index (χ3v) is 3.69. The van der Waals surface area contributed by atoms with Gasteiger partial charge in [-0.3, -0.25) is 10.1 Å². The molecule has 7 nitrogen and oxygen atoms in total. The van der Waals surface area contributed by atoms with Crippen molar-refractivity contribution < 1.29 is 9.34 Å². The van der Waals surface area contributed by atoms with Gasteiger partial charge in [-0.2, -0.15) is 0 Å². The van der Waals surface area contributed by atoms with Crippen molar-refractivity contribution in [1.29, 1.82) is 0 Å². The number of nitro groups is 1. The first-order valence-corrected chi connectivity index (χ1v) is 8.05. The molecule has 124 valence electrons. The van der Waals surface area contributed by atoms with Gasteiger partial charge in [0, 0.05) is 12.5 Å². The lowest BCUT2D eigenvalue weighted by Crippen LogP contribution is -1.93. The van der Waals surface area contributed by atoms with Gasteiger partial charge < -0.3 is 4.42 Å². The van der Waals surface area contributed by atoms with Crippen molar-refractivity contribution in [1.82, 2.24) is 15.2 Å². The van der Waals surface area contributed by atoms with Crippen molar-refractivity contribution in [2.75, 3.05) is 0 Å². The van der Waals surface area contributed by atoms with Crippen LogP contribution in [0.2, 0.25) is 0 Å². The Morgan fingerprint density at radius 3 is 2.61 bits per heavy atom. The largest absolute Gasteiger partial charge is 0.419 e. The van der Waals surface area contributed by atoms with E-state index in [1.165, 1.54) is 37.9 Å². The third kappa shape index (κ3) is 4.84. The maximum atomic E-state index is 10.7. The van der Waals surface area contributed by atoms with Crippen LogP contribution in [-0.2, 0) is 6.42 Å². The highest BCUT2D eigenvalue weighted by Crippen LogP contribution is 2.23. The van der Waals surface area contributed by atoms with E-state index in [4.69, 9.17) is 4.42 Å². The highest BCUT2D eigenvalue weighted by Gasteiger charge is 2.15. The van der Waals surface area contributed by atoms with Crippen LogP contribution in [0.15, 0.2) is 16.7 Å². The van der Waals surface area contributed by atoms with Gasteiger partial charge >= 0.3 is 0 Å². The van der Waals surface area contributed by atoms with Crippen LogP contribution >= 0.6 is 0 Å². The van der Waals surface area contributed by atoms with E-state index in [9.17, 15) is 10.1 Å². The molecule has 0 aliphatic rings. The summed E-state index contributed by atoms with van der Waals surface area (Å²) in [5, 5.41) is 18.8. The minimum absolute atomic E-state index is 0.0435. The zero-order valence-corrected chi connectivity index (χ0v) is 13.6. The van der Waals surface area contributed by atoms with E-state index < -0.39 is 4.92 Å². The van der Waals surface area contributed by atoms with Crippen LogP contribution in [0.25, 0.3) is 11.6 Å². The number of aromatic nitrogens is 3. The summed E-state index contributed by atoms with van der Waals surface area (Å²) in [5.74, 6) is 0.911. The maximum absolute atomic E-state index is 10.7. The zero-order valence-electron chi connectivity index (χ0n) is 13.6. The molecule has 0 fully saturated rings. The van der Waals surface area contributed by atoms with Gasteiger partial charge in [-0.25, -0.2) is 4.98 Å². The van der Waals surface area contributed by atoms with Crippen LogP contribution in [0.5, 0.6) is 0 Å². The fourth-order valence-electron chi connectivity index (χ4n) is 2.39. The summed E-state index contributed by atoms with van der Waals surface area (Å²) in [7, 11) is 0. The second-order valence-corrected chi connectivity index (χ2v) is 5.63. The first-order valence-electron chi connectivity index (χ1n) is 8.05. The number of rotatable bonds is 9. The van der Waals surface area contributed by atoms with Gasteiger partial charge in [0.25, 0.3) is 11.6 Å². The lowest BCUT2D eigenvalue weighted by Gasteiger charge is -2.00. The van der Waals surface area contributed by atoms with Crippen molar-refractivity contribution in [2.24, 2.45) is 0 Å². The van der Waals surface area contributed by atoms with E-state index in [1.807, 2.05) is 0 Å². The molecule has 2 aromatic heterocycles. The van der Waals surface area contributed by atoms with Gasteiger partial charge in [0.2, 0.25) is 5.89 Å². The second kappa shape index (κ2) is 8.36. The molecule has 0 saturated carbocycles. The summed E-state index contributed by atoms with van der Waals surface area (Å²) < 4.78 is 5.62. The third-order valence-electron chi connectivity index (χ3n) is 3.69. The van der Waals surface area contributed by atoms with Crippen LogP contribution in [0.4, 0.5) is 5.69 Å². The molecule has 2 aromatic rings.